The first-order valence-electron chi connectivity index (χ1n) is 11.3. The van der Waals surface area contributed by atoms with E-state index in [1.54, 1.807) is 30.5 Å². The van der Waals surface area contributed by atoms with Crippen LogP contribution in [0.3, 0.4) is 0 Å². The van der Waals surface area contributed by atoms with Crippen LogP contribution in [0.2, 0.25) is 5.02 Å². The fourth-order valence-electron chi connectivity index (χ4n) is 5.47. The number of nitrogens with zero attached hydrogens (tertiary/aromatic N) is 5. The zero-order valence-electron chi connectivity index (χ0n) is 18.6. The van der Waals surface area contributed by atoms with Crippen LogP contribution in [0.25, 0.3) is 32.9 Å². The second-order valence-electron chi connectivity index (χ2n) is 8.89. The Kier molecular flexibility index (Phi) is 5.14. The van der Waals surface area contributed by atoms with Gasteiger partial charge in [0.05, 0.1) is 10.4 Å². The van der Waals surface area contributed by atoms with Crippen molar-refractivity contribution >= 4 is 45.0 Å². The van der Waals surface area contributed by atoms with Gasteiger partial charge >= 0.3 is 0 Å². The van der Waals surface area contributed by atoms with Crippen molar-refractivity contribution in [2.45, 2.75) is 24.9 Å². The molecular formula is C26H20ClF2N5O. The monoisotopic (exact) mass is 491 g/mol. The summed E-state index contributed by atoms with van der Waals surface area (Å²) in [5.74, 6) is -0.687. The molecule has 35 heavy (non-hydrogen) atoms. The number of carbonyl (C=O) groups excluding carboxylic acids is 1. The molecular weight excluding hydrogens is 472 g/mol. The van der Waals surface area contributed by atoms with Crippen molar-refractivity contribution in [3.63, 3.8) is 0 Å². The molecule has 2 bridgehead atoms. The van der Waals surface area contributed by atoms with Crippen LogP contribution in [-0.4, -0.2) is 50.9 Å². The van der Waals surface area contributed by atoms with Crippen molar-refractivity contribution in [3.05, 3.63) is 72.2 Å². The van der Waals surface area contributed by atoms with Gasteiger partial charge in [0, 0.05) is 42.3 Å². The van der Waals surface area contributed by atoms with Crippen LogP contribution in [0, 0.1) is 11.6 Å². The number of piperazine rings is 1. The second kappa shape index (κ2) is 8.23. The zero-order valence-corrected chi connectivity index (χ0v) is 19.3. The minimum atomic E-state index is -0.623. The van der Waals surface area contributed by atoms with Crippen LogP contribution in [0.4, 0.5) is 14.6 Å². The third-order valence-corrected chi connectivity index (χ3v) is 7.37. The van der Waals surface area contributed by atoms with Gasteiger partial charge in [0.25, 0.3) is 0 Å². The molecule has 0 aliphatic carbocycles. The van der Waals surface area contributed by atoms with Crippen molar-refractivity contribution in [1.82, 2.24) is 19.9 Å². The molecule has 1 amide bonds. The van der Waals surface area contributed by atoms with E-state index in [0.29, 0.717) is 40.6 Å². The molecule has 6 rings (SSSR count). The van der Waals surface area contributed by atoms with Crippen LogP contribution in [0.15, 0.2) is 55.5 Å². The highest BCUT2D eigenvalue weighted by atomic mass is 35.5. The number of carbonyl (C=O) groups is 1. The molecule has 2 saturated heterocycles. The van der Waals surface area contributed by atoms with Gasteiger partial charge in [-0.1, -0.05) is 42.4 Å². The van der Waals surface area contributed by atoms with E-state index >= 15 is 4.39 Å². The van der Waals surface area contributed by atoms with Crippen LogP contribution in [-0.2, 0) is 4.79 Å². The highest BCUT2D eigenvalue weighted by Crippen LogP contribution is 2.39. The average Bonchev–Trinajstić information content (AvgIpc) is 3.14. The number of fused-ring (bicyclic) bond motifs is 4. The van der Waals surface area contributed by atoms with Gasteiger partial charge in [-0.2, -0.15) is 0 Å². The molecule has 0 saturated carbocycles. The number of pyridine rings is 1. The molecule has 4 heterocycles. The Morgan fingerprint density at radius 1 is 1.09 bits per heavy atom. The molecule has 0 radical (unpaired) electrons. The summed E-state index contributed by atoms with van der Waals surface area (Å²) in [6, 6.07) is 8.19. The molecule has 2 atom stereocenters. The van der Waals surface area contributed by atoms with E-state index in [1.165, 1.54) is 18.5 Å². The number of hydrogen-bond acceptors (Lipinski definition) is 5. The molecule has 4 aromatic rings. The lowest BCUT2D eigenvalue weighted by Gasteiger charge is -2.41. The molecule has 2 aliphatic heterocycles. The summed E-state index contributed by atoms with van der Waals surface area (Å²) in [7, 11) is 0. The van der Waals surface area contributed by atoms with E-state index in [4.69, 9.17) is 11.6 Å². The number of halogens is 3. The highest BCUT2D eigenvalue weighted by Gasteiger charge is 2.42. The number of anilines is 1. The van der Waals surface area contributed by atoms with Crippen molar-refractivity contribution < 1.29 is 13.6 Å². The first kappa shape index (κ1) is 21.9. The van der Waals surface area contributed by atoms with Gasteiger partial charge in [0.2, 0.25) is 5.91 Å². The Hall–Kier alpha value is -3.65. The zero-order chi connectivity index (χ0) is 24.3. The number of hydrogen-bond donors (Lipinski definition) is 0. The normalized spacial score (nSPS) is 19.5. The molecule has 2 aromatic carbocycles. The summed E-state index contributed by atoms with van der Waals surface area (Å²) >= 11 is 6.26. The van der Waals surface area contributed by atoms with Crippen LogP contribution in [0.5, 0.6) is 0 Å². The summed E-state index contributed by atoms with van der Waals surface area (Å²) in [5.41, 5.74) is 0.560. The van der Waals surface area contributed by atoms with Crippen molar-refractivity contribution in [2.24, 2.45) is 0 Å². The summed E-state index contributed by atoms with van der Waals surface area (Å²) < 4.78 is 30.1. The maximum absolute atomic E-state index is 15.9. The van der Waals surface area contributed by atoms with Crippen LogP contribution < -0.4 is 4.90 Å². The lowest BCUT2D eigenvalue weighted by atomic mass is 10.0. The third-order valence-electron chi connectivity index (χ3n) is 7.00. The standard InChI is InChI=1S/C26H20ClF2N5O/c1-2-20(35)34-15-7-8-16(34)12-33(11-15)26-18-10-30-24(23(29)25(18)31-13-32-26)17-5-3-4-14-6-9-19(28)22(27)21(14)17/h2-6,9-10,13,15-16H,1,7-8,11-12H2. The third kappa shape index (κ3) is 3.35. The predicted molar refractivity (Wildman–Crippen MR) is 131 cm³/mol. The molecule has 9 heteroatoms. The van der Waals surface area contributed by atoms with Gasteiger partial charge in [-0.3, -0.25) is 9.78 Å². The lowest BCUT2D eigenvalue weighted by molar-refractivity contribution is -0.129. The number of benzene rings is 2. The SMILES string of the molecule is C=CC(=O)N1C2CCC1CN(c1ncnc3c(F)c(-c4cccc5ccc(F)c(Cl)c45)ncc13)C2. The topological polar surface area (TPSA) is 62.2 Å². The smallest absolute Gasteiger partial charge is 0.246 e. The number of amides is 1. The predicted octanol–water partition coefficient (Wildman–Crippen LogP) is 5.14. The van der Waals surface area contributed by atoms with Crippen LogP contribution >= 0.6 is 11.6 Å². The largest absolute Gasteiger partial charge is 0.352 e. The molecule has 2 unspecified atom stereocenters. The van der Waals surface area contributed by atoms with Gasteiger partial charge in [-0.05, 0) is 30.4 Å². The second-order valence-corrected chi connectivity index (χ2v) is 9.26. The van der Waals surface area contributed by atoms with Crippen LogP contribution in [0.1, 0.15) is 12.8 Å². The minimum Gasteiger partial charge on any atom is -0.352 e. The Labute approximate surface area is 204 Å². The molecule has 0 spiro atoms. The van der Waals surface area contributed by atoms with Gasteiger partial charge in [0.15, 0.2) is 5.82 Å². The van der Waals surface area contributed by atoms with E-state index in [2.05, 4.69) is 26.4 Å². The van der Waals surface area contributed by atoms with E-state index in [9.17, 15) is 9.18 Å². The fourth-order valence-corrected chi connectivity index (χ4v) is 5.74. The van der Waals surface area contributed by atoms with Crippen molar-refractivity contribution in [3.8, 4) is 11.3 Å². The Bertz CT molecular complexity index is 1510. The number of aromatic nitrogens is 3. The fraction of sp³-hybridized carbons (Fsp3) is 0.231. The quantitative estimate of drug-likeness (QED) is 0.371. The molecule has 2 aliphatic rings. The van der Waals surface area contributed by atoms with E-state index in [-0.39, 0.29) is 34.2 Å². The minimum absolute atomic E-state index is 0.0433. The van der Waals surface area contributed by atoms with Crippen molar-refractivity contribution in [1.29, 1.82) is 0 Å². The molecule has 2 aromatic heterocycles. The Morgan fingerprint density at radius 2 is 1.86 bits per heavy atom. The van der Waals surface area contributed by atoms with Gasteiger partial charge in [-0.25, -0.2) is 18.7 Å². The maximum atomic E-state index is 15.9. The van der Waals surface area contributed by atoms with E-state index < -0.39 is 11.6 Å². The van der Waals surface area contributed by atoms with Gasteiger partial charge in [0.1, 0.15) is 29.2 Å². The average molecular weight is 492 g/mol. The number of rotatable bonds is 3. The first-order chi connectivity index (χ1) is 17.0. The highest BCUT2D eigenvalue weighted by molar-refractivity contribution is 6.36. The maximum Gasteiger partial charge on any atom is 0.246 e. The van der Waals surface area contributed by atoms with E-state index in [1.807, 2.05) is 4.90 Å². The first-order valence-corrected chi connectivity index (χ1v) is 11.7. The van der Waals surface area contributed by atoms with Gasteiger partial charge < -0.3 is 9.80 Å². The Balaban J connectivity index is 1.44. The summed E-state index contributed by atoms with van der Waals surface area (Å²) in [6.07, 6.45) is 6.05. The molecule has 6 nitrogen and oxygen atoms in total. The van der Waals surface area contributed by atoms with E-state index in [0.717, 1.165) is 12.8 Å². The van der Waals surface area contributed by atoms with Gasteiger partial charge in [-0.15, -0.1) is 0 Å². The molecule has 0 N–H and O–H groups in total. The van der Waals surface area contributed by atoms with Crippen molar-refractivity contribution in [2.75, 3.05) is 18.0 Å². The summed E-state index contributed by atoms with van der Waals surface area (Å²) in [4.78, 5) is 29.4. The Morgan fingerprint density at radius 3 is 2.60 bits per heavy atom. The summed E-state index contributed by atoms with van der Waals surface area (Å²) in [6.45, 7) is 4.79. The lowest BCUT2D eigenvalue weighted by Crippen LogP contribution is -2.55. The molecule has 176 valence electrons. The molecule has 2 fully saturated rings. The summed E-state index contributed by atoms with van der Waals surface area (Å²) in [5, 5.41) is 1.48.